The van der Waals surface area contributed by atoms with E-state index in [0.717, 1.165) is 23.5 Å². The normalized spacial score (nSPS) is 10.9. The molecule has 0 aliphatic rings. The number of halogens is 1. The van der Waals surface area contributed by atoms with Crippen molar-refractivity contribution < 1.29 is 4.74 Å². The number of aromatic nitrogens is 2. The van der Waals surface area contributed by atoms with E-state index in [1.165, 1.54) is 5.56 Å². The molecule has 2 heterocycles. The Hall–Kier alpha value is -2.00. The van der Waals surface area contributed by atoms with Crippen molar-refractivity contribution in [1.82, 2.24) is 9.38 Å². The molecule has 4 heteroatoms. The van der Waals surface area contributed by atoms with Gasteiger partial charge in [0, 0.05) is 6.20 Å². The molecular formula is C16H15ClN2O. The Kier molecular flexibility index (Phi) is 3.61. The van der Waals surface area contributed by atoms with Gasteiger partial charge in [0.25, 0.3) is 0 Å². The van der Waals surface area contributed by atoms with Crippen LogP contribution in [0.4, 0.5) is 0 Å². The molecular weight excluding hydrogens is 272 g/mol. The van der Waals surface area contributed by atoms with Crippen LogP contribution in [0.2, 0.25) is 0 Å². The van der Waals surface area contributed by atoms with Gasteiger partial charge < -0.3 is 4.74 Å². The molecule has 1 aromatic carbocycles. The van der Waals surface area contributed by atoms with Crippen LogP contribution in [-0.2, 0) is 12.3 Å². The summed E-state index contributed by atoms with van der Waals surface area (Å²) in [6.07, 6.45) is 2.92. The van der Waals surface area contributed by atoms with Crippen LogP contribution in [0, 0.1) is 0 Å². The van der Waals surface area contributed by atoms with E-state index in [0.29, 0.717) is 11.8 Å². The molecule has 0 bridgehead atoms. The molecule has 0 spiro atoms. The highest BCUT2D eigenvalue weighted by atomic mass is 35.5. The first-order chi connectivity index (χ1) is 9.81. The molecule has 102 valence electrons. The molecule has 3 nitrogen and oxygen atoms in total. The zero-order valence-corrected chi connectivity index (χ0v) is 12.0. The monoisotopic (exact) mass is 286 g/mol. The van der Waals surface area contributed by atoms with Crippen molar-refractivity contribution in [2.45, 2.75) is 19.2 Å². The number of hydrogen-bond donors (Lipinski definition) is 0. The van der Waals surface area contributed by atoms with Gasteiger partial charge >= 0.3 is 0 Å². The van der Waals surface area contributed by atoms with Gasteiger partial charge in [-0.3, -0.25) is 4.40 Å². The Balaban J connectivity index is 2.01. The van der Waals surface area contributed by atoms with Crippen LogP contribution in [0.25, 0.3) is 5.65 Å². The summed E-state index contributed by atoms with van der Waals surface area (Å²) in [7, 11) is 0. The van der Waals surface area contributed by atoms with E-state index in [9.17, 15) is 0 Å². The van der Waals surface area contributed by atoms with Crippen molar-refractivity contribution in [2.75, 3.05) is 0 Å². The molecule has 0 N–H and O–H groups in total. The van der Waals surface area contributed by atoms with Gasteiger partial charge in [-0.25, -0.2) is 0 Å². The third-order valence-corrected chi connectivity index (χ3v) is 3.49. The summed E-state index contributed by atoms with van der Waals surface area (Å²) in [6.45, 7) is 2.12. The van der Waals surface area contributed by atoms with Gasteiger partial charge in [-0.1, -0.05) is 25.1 Å². The first-order valence-corrected chi connectivity index (χ1v) is 7.14. The van der Waals surface area contributed by atoms with Crippen molar-refractivity contribution in [3.63, 3.8) is 0 Å². The molecule has 0 radical (unpaired) electrons. The van der Waals surface area contributed by atoms with Crippen LogP contribution >= 0.6 is 11.6 Å². The van der Waals surface area contributed by atoms with Crippen molar-refractivity contribution in [1.29, 1.82) is 0 Å². The Morgan fingerprint density at radius 2 is 2.10 bits per heavy atom. The first-order valence-electron chi connectivity index (χ1n) is 6.60. The number of ether oxygens (including phenoxy) is 1. The summed E-state index contributed by atoms with van der Waals surface area (Å²) in [6, 6.07) is 13.9. The van der Waals surface area contributed by atoms with Gasteiger partial charge in [0.15, 0.2) is 0 Å². The maximum absolute atomic E-state index is 6.04. The van der Waals surface area contributed by atoms with Crippen molar-refractivity contribution in [3.05, 3.63) is 59.9 Å². The third-order valence-electron chi connectivity index (χ3n) is 3.24. The topological polar surface area (TPSA) is 26.5 Å². The van der Waals surface area contributed by atoms with Crippen LogP contribution in [0.15, 0.2) is 48.7 Å². The van der Waals surface area contributed by atoms with Gasteiger partial charge in [-0.2, -0.15) is 4.98 Å². The van der Waals surface area contributed by atoms with Gasteiger partial charge in [0.1, 0.15) is 17.1 Å². The number of benzene rings is 1. The van der Waals surface area contributed by atoms with Crippen LogP contribution < -0.4 is 4.74 Å². The fraction of sp³-hybridized carbons (Fsp3) is 0.188. The molecule has 2 aromatic heterocycles. The zero-order chi connectivity index (χ0) is 13.9. The fourth-order valence-electron chi connectivity index (χ4n) is 2.17. The summed E-state index contributed by atoms with van der Waals surface area (Å²) in [5.41, 5.74) is 2.94. The lowest BCUT2D eigenvalue weighted by atomic mass is 10.2. The first kappa shape index (κ1) is 13.0. The van der Waals surface area contributed by atoms with Crippen molar-refractivity contribution in [3.8, 4) is 11.6 Å². The van der Waals surface area contributed by atoms with Gasteiger partial charge in [-0.05, 0) is 36.2 Å². The van der Waals surface area contributed by atoms with E-state index in [1.54, 1.807) is 0 Å². The zero-order valence-electron chi connectivity index (χ0n) is 11.2. The molecule has 3 rings (SSSR count). The molecule has 20 heavy (non-hydrogen) atoms. The smallest absolute Gasteiger partial charge is 0.242 e. The summed E-state index contributed by atoms with van der Waals surface area (Å²) in [5.74, 6) is 1.71. The van der Waals surface area contributed by atoms with Crippen molar-refractivity contribution >= 4 is 17.2 Å². The van der Waals surface area contributed by atoms with E-state index >= 15 is 0 Å². The molecule has 0 fully saturated rings. The summed E-state index contributed by atoms with van der Waals surface area (Å²) in [4.78, 5) is 4.49. The second kappa shape index (κ2) is 5.55. The fourth-order valence-corrected chi connectivity index (χ4v) is 2.41. The summed E-state index contributed by atoms with van der Waals surface area (Å²) >= 11 is 6.04. The standard InChI is InChI=1S/C16H15ClN2O/c1-2-12-6-5-7-13(10-12)20-16-14(11-17)19-9-4-3-8-15(19)18-16/h3-10H,2,11H2,1H3. The van der Waals surface area contributed by atoms with E-state index in [4.69, 9.17) is 16.3 Å². The molecule has 0 aliphatic heterocycles. The third kappa shape index (κ3) is 2.37. The number of nitrogens with zero attached hydrogens (tertiary/aromatic N) is 2. The molecule has 0 aliphatic carbocycles. The van der Waals surface area contributed by atoms with Crippen LogP contribution in [0.1, 0.15) is 18.2 Å². The van der Waals surface area contributed by atoms with Gasteiger partial charge in [0.2, 0.25) is 5.88 Å². The second-order valence-electron chi connectivity index (χ2n) is 4.53. The number of rotatable bonds is 4. The maximum atomic E-state index is 6.04. The van der Waals surface area contributed by atoms with E-state index in [-0.39, 0.29) is 0 Å². The number of imidazole rings is 1. The number of pyridine rings is 1. The molecule has 3 aromatic rings. The molecule has 0 atom stereocenters. The highest BCUT2D eigenvalue weighted by molar-refractivity contribution is 6.17. The van der Waals surface area contributed by atoms with E-state index in [1.807, 2.05) is 47.0 Å². The average Bonchev–Trinajstić information content (AvgIpc) is 2.84. The number of hydrogen-bond acceptors (Lipinski definition) is 2. The largest absolute Gasteiger partial charge is 0.437 e. The maximum Gasteiger partial charge on any atom is 0.242 e. The summed E-state index contributed by atoms with van der Waals surface area (Å²) < 4.78 is 7.86. The Morgan fingerprint density at radius 1 is 1.20 bits per heavy atom. The molecule has 0 saturated carbocycles. The number of alkyl halides is 1. The Bertz CT molecular complexity index is 736. The highest BCUT2D eigenvalue weighted by Gasteiger charge is 2.13. The van der Waals surface area contributed by atoms with Crippen LogP contribution in [0.3, 0.4) is 0 Å². The van der Waals surface area contributed by atoms with Gasteiger partial charge in [0.05, 0.1) is 5.88 Å². The number of fused-ring (bicyclic) bond motifs is 1. The SMILES string of the molecule is CCc1cccc(Oc2nc3ccccn3c2CCl)c1. The lowest BCUT2D eigenvalue weighted by molar-refractivity contribution is 0.461. The lowest BCUT2D eigenvalue weighted by Gasteiger charge is -2.05. The lowest BCUT2D eigenvalue weighted by Crippen LogP contribution is -1.92. The predicted molar refractivity (Wildman–Crippen MR) is 80.6 cm³/mol. The van der Waals surface area contributed by atoms with Gasteiger partial charge in [-0.15, -0.1) is 11.6 Å². The highest BCUT2D eigenvalue weighted by Crippen LogP contribution is 2.27. The molecule has 0 amide bonds. The van der Waals surface area contributed by atoms with Crippen LogP contribution in [0.5, 0.6) is 11.6 Å². The van der Waals surface area contributed by atoms with E-state index < -0.39 is 0 Å². The Labute approximate surface area is 122 Å². The molecule has 0 unspecified atom stereocenters. The van der Waals surface area contributed by atoms with E-state index in [2.05, 4.69) is 18.0 Å². The van der Waals surface area contributed by atoms with Crippen molar-refractivity contribution in [2.24, 2.45) is 0 Å². The average molecular weight is 287 g/mol. The number of aryl methyl sites for hydroxylation is 1. The second-order valence-corrected chi connectivity index (χ2v) is 4.80. The van der Waals surface area contributed by atoms with Crippen LogP contribution in [-0.4, -0.2) is 9.38 Å². The minimum absolute atomic E-state index is 0.355. The minimum Gasteiger partial charge on any atom is -0.437 e. The Morgan fingerprint density at radius 3 is 2.90 bits per heavy atom. The predicted octanol–water partition coefficient (Wildman–Crippen LogP) is 4.43. The minimum atomic E-state index is 0.355. The summed E-state index contributed by atoms with van der Waals surface area (Å²) in [5, 5.41) is 0. The quantitative estimate of drug-likeness (QED) is 0.663. The molecule has 0 saturated heterocycles.